The lowest BCUT2D eigenvalue weighted by Gasteiger charge is -2.12. The first-order valence-electron chi connectivity index (χ1n) is 6.65. The molecule has 112 valence electrons. The van der Waals surface area contributed by atoms with Crippen LogP contribution in [0.25, 0.3) is 0 Å². The van der Waals surface area contributed by atoms with E-state index in [0.717, 1.165) is 24.4 Å². The zero-order valence-electron chi connectivity index (χ0n) is 12.1. The molecule has 7 heteroatoms. The normalized spacial score (nSPS) is 11.9. The van der Waals surface area contributed by atoms with Crippen LogP contribution in [-0.2, 0) is 11.3 Å². The van der Waals surface area contributed by atoms with Crippen molar-refractivity contribution in [1.82, 2.24) is 20.4 Å². The fourth-order valence-electron chi connectivity index (χ4n) is 1.92. The zero-order chi connectivity index (χ0) is 15.1. The number of aliphatic carboxylic acids is 1. The summed E-state index contributed by atoms with van der Waals surface area (Å²) in [5.41, 5.74) is 2.08. The molecule has 1 unspecified atom stereocenters. The molecule has 0 aliphatic heterocycles. The highest BCUT2D eigenvalue weighted by molar-refractivity contribution is 5.75. The Morgan fingerprint density at radius 3 is 2.70 bits per heavy atom. The Kier molecular flexibility index (Phi) is 6.02. The van der Waals surface area contributed by atoms with E-state index in [-0.39, 0.29) is 18.5 Å². The minimum absolute atomic E-state index is 0.0841. The van der Waals surface area contributed by atoms with Gasteiger partial charge < -0.3 is 15.7 Å². The first-order valence-corrected chi connectivity index (χ1v) is 6.65. The van der Waals surface area contributed by atoms with Gasteiger partial charge in [-0.15, -0.1) is 0 Å². The van der Waals surface area contributed by atoms with Crippen molar-refractivity contribution >= 4 is 12.0 Å². The van der Waals surface area contributed by atoms with Gasteiger partial charge >= 0.3 is 12.0 Å². The van der Waals surface area contributed by atoms with Crippen molar-refractivity contribution in [3.8, 4) is 0 Å². The molecule has 0 aliphatic carbocycles. The van der Waals surface area contributed by atoms with Crippen LogP contribution in [0.1, 0.15) is 31.2 Å². The lowest BCUT2D eigenvalue weighted by Crippen LogP contribution is -2.42. The molecule has 0 bridgehead atoms. The molecule has 2 amide bonds. The summed E-state index contributed by atoms with van der Waals surface area (Å²) in [5, 5.41) is 18.2. The van der Waals surface area contributed by atoms with Crippen LogP contribution < -0.4 is 10.6 Å². The number of carboxylic acids is 1. The van der Waals surface area contributed by atoms with Crippen molar-refractivity contribution < 1.29 is 14.7 Å². The Hall–Kier alpha value is -2.05. The fraction of sp³-hybridized carbons (Fsp3) is 0.615. The van der Waals surface area contributed by atoms with E-state index < -0.39 is 5.97 Å². The molecule has 0 radical (unpaired) electrons. The minimum Gasteiger partial charge on any atom is -0.481 e. The summed E-state index contributed by atoms with van der Waals surface area (Å²) in [6, 6.07) is 1.28. The number of hydrogen-bond donors (Lipinski definition) is 3. The molecule has 1 aromatic rings. The van der Waals surface area contributed by atoms with Crippen LogP contribution in [0.3, 0.4) is 0 Å². The number of hydrogen-bond acceptors (Lipinski definition) is 3. The van der Waals surface area contributed by atoms with Crippen molar-refractivity contribution in [2.75, 3.05) is 6.54 Å². The lowest BCUT2D eigenvalue weighted by molar-refractivity contribution is -0.137. The SMILES string of the molecule is Cc1cc(C)n(CCCNC(=O)NC(C)CC(=O)O)n1. The predicted octanol–water partition coefficient (Wildman–Crippen LogP) is 1.05. The third-order valence-electron chi connectivity index (χ3n) is 2.79. The second kappa shape index (κ2) is 7.52. The fourth-order valence-corrected chi connectivity index (χ4v) is 1.92. The zero-order valence-corrected chi connectivity index (χ0v) is 12.1. The van der Waals surface area contributed by atoms with Gasteiger partial charge in [-0.3, -0.25) is 9.48 Å². The highest BCUT2D eigenvalue weighted by Crippen LogP contribution is 2.02. The van der Waals surface area contributed by atoms with Gasteiger partial charge in [0.05, 0.1) is 12.1 Å². The van der Waals surface area contributed by atoms with E-state index in [4.69, 9.17) is 5.11 Å². The Balaban J connectivity index is 2.19. The number of carbonyl (C=O) groups excluding carboxylic acids is 1. The van der Waals surface area contributed by atoms with Gasteiger partial charge in [-0.2, -0.15) is 5.10 Å². The highest BCUT2D eigenvalue weighted by Gasteiger charge is 2.10. The first-order chi connectivity index (χ1) is 9.38. The molecule has 20 heavy (non-hydrogen) atoms. The van der Waals surface area contributed by atoms with E-state index in [1.165, 1.54) is 0 Å². The van der Waals surface area contributed by atoms with E-state index in [2.05, 4.69) is 15.7 Å². The summed E-state index contributed by atoms with van der Waals surface area (Å²) in [6.07, 6.45) is 0.682. The van der Waals surface area contributed by atoms with Gasteiger partial charge in [0.15, 0.2) is 0 Å². The van der Waals surface area contributed by atoms with Crippen molar-refractivity contribution in [1.29, 1.82) is 0 Å². The molecule has 0 spiro atoms. The summed E-state index contributed by atoms with van der Waals surface area (Å²) in [7, 11) is 0. The van der Waals surface area contributed by atoms with Crippen LogP contribution in [0.2, 0.25) is 0 Å². The first kappa shape index (κ1) is 16.0. The van der Waals surface area contributed by atoms with Crippen LogP contribution in [0, 0.1) is 13.8 Å². The van der Waals surface area contributed by atoms with Crippen molar-refractivity contribution in [3.63, 3.8) is 0 Å². The average molecular weight is 282 g/mol. The van der Waals surface area contributed by atoms with Gasteiger partial charge in [0, 0.05) is 24.8 Å². The number of nitrogens with one attached hydrogen (secondary N) is 2. The molecular formula is C13H22N4O3. The standard InChI is InChI=1S/C13H22N4O3/c1-9(8-12(18)19)15-13(20)14-5-4-6-17-11(3)7-10(2)16-17/h7,9H,4-6,8H2,1-3H3,(H,18,19)(H2,14,15,20). The largest absolute Gasteiger partial charge is 0.481 e. The Morgan fingerprint density at radius 1 is 1.45 bits per heavy atom. The maximum atomic E-state index is 11.5. The summed E-state index contributed by atoms with van der Waals surface area (Å²) in [4.78, 5) is 21.9. The maximum Gasteiger partial charge on any atom is 0.315 e. The molecule has 7 nitrogen and oxygen atoms in total. The average Bonchev–Trinajstić information content (AvgIpc) is 2.62. The number of aromatic nitrogens is 2. The van der Waals surface area contributed by atoms with Crippen LogP contribution >= 0.6 is 0 Å². The quantitative estimate of drug-likeness (QED) is 0.651. The summed E-state index contributed by atoms with van der Waals surface area (Å²) < 4.78 is 1.90. The molecular weight excluding hydrogens is 260 g/mol. The third kappa shape index (κ3) is 5.73. The molecule has 0 fully saturated rings. The maximum absolute atomic E-state index is 11.5. The minimum atomic E-state index is -0.928. The van der Waals surface area contributed by atoms with E-state index in [0.29, 0.717) is 6.54 Å². The number of nitrogens with zero attached hydrogens (tertiary/aromatic N) is 2. The van der Waals surface area contributed by atoms with Gasteiger partial charge in [-0.1, -0.05) is 0 Å². The van der Waals surface area contributed by atoms with Crippen molar-refractivity contribution in [2.45, 2.75) is 46.2 Å². The summed E-state index contributed by atoms with van der Waals surface area (Å²) >= 11 is 0. The number of amides is 2. The predicted molar refractivity (Wildman–Crippen MR) is 74.6 cm³/mol. The second-order valence-electron chi connectivity index (χ2n) is 4.90. The van der Waals surface area contributed by atoms with Gasteiger partial charge in [0.2, 0.25) is 0 Å². The van der Waals surface area contributed by atoms with Crippen LogP contribution in [-0.4, -0.2) is 39.5 Å². The second-order valence-corrected chi connectivity index (χ2v) is 4.90. The third-order valence-corrected chi connectivity index (χ3v) is 2.79. The number of carboxylic acid groups (broad SMARTS) is 1. The highest BCUT2D eigenvalue weighted by atomic mass is 16.4. The number of rotatable bonds is 7. The van der Waals surface area contributed by atoms with E-state index in [9.17, 15) is 9.59 Å². The molecule has 1 atom stereocenters. The molecule has 0 aliphatic rings. The van der Waals surface area contributed by atoms with Crippen LogP contribution in [0.4, 0.5) is 4.79 Å². The number of aryl methyl sites for hydroxylation is 3. The van der Waals surface area contributed by atoms with E-state index >= 15 is 0 Å². The van der Waals surface area contributed by atoms with Gasteiger partial charge in [0.25, 0.3) is 0 Å². The van der Waals surface area contributed by atoms with Crippen molar-refractivity contribution in [2.24, 2.45) is 0 Å². The molecule has 1 heterocycles. The summed E-state index contributed by atoms with van der Waals surface area (Å²) in [6.45, 7) is 6.85. The van der Waals surface area contributed by atoms with E-state index in [1.807, 2.05) is 24.6 Å². The molecule has 1 aromatic heterocycles. The Labute approximate surface area is 118 Å². The summed E-state index contributed by atoms with van der Waals surface area (Å²) in [5.74, 6) is -0.928. The monoisotopic (exact) mass is 282 g/mol. The topological polar surface area (TPSA) is 96.2 Å². The van der Waals surface area contributed by atoms with Crippen molar-refractivity contribution in [3.05, 3.63) is 17.5 Å². The number of urea groups is 1. The van der Waals surface area contributed by atoms with Gasteiger partial charge in [0.1, 0.15) is 0 Å². The molecule has 0 saturated carbocycles. The van der Waals surface area contributed by atoms with E-state index in [1.54, 1.807) is 6.92 Å². The lowest BCUT2D eigenvalue weighted by atomic mass is 10.2. The van der Waals surface area contributed by atoms with Crippen LogP contribution in [0.15, 0.2) is 6.07 Å². The Bertz CT molecular complexity index is 470. The molecule has 0 saturated heterocycles. The van der Waals surface area contributed by atoms with Gasteiger partial charge in [-0.05, 0) is 33.3 Å². The molecule has 0 aromatic carbocycles. The van der Waals surface area contributed by atoms with Gasteiger partial charge in [-0.25, -0.2) is 4.79 Å². The molecule has 1 rings (SSSR count). The number of carbonyl (C=O) groups is 2. The molecule has 3 N–H and O–H groups in total. The smallest absolute Gasteiger partial charge is 0.315 e. The Morgan fingerprint density at radius 2 is 2.15 bits per heavy atom. The van der Waals surface area contributed by atoms with Crippen LogP contribution in [0.5, 0.6) is 0 Å².